The molecule has 0 N–H and O–H groups in total. The molecular weight excluding hydrogens is 298 g/mol. The van der Waals surface area contributed by atoms with Gasteiger partial charge >= 0.3 is 0 Å². The number of benzene rings is 2. The Labute approximate surface area is 125 Å². The zero-order chi connectivity index (χ0) is 10.5. The Morgan fingerprint density at radius 3 is 0.941 bits per heavy atom. The average molecular weight is 315 g/mol. The van der Waals surface area contributed by atoms with E-state index in [-0.39, 0.29) is 39.4 Å². The fourth-order valence-electron chi connectivity index (χ4n) is 0.684. The van der Waals surface area contributed by atoms with E-state index in [4.69, 9.17) is 0 Å². The molecular formula is C14H17ClCuP-3. The summed E-state index contributed by atoms with van der Waals surface area (Å²) in [5, 5.41) is 0. The molecule has 1 atom stereocenters. The van der Waals surface area contributed by atoms with Crippen LogP contribution in [0.3, 0.4) is 0 Å². The van der Waals surface area contributed by atoms with E-state index in [9.17, 15) is 0 Å². The molecule has 17 heavy (non-hydrogen) atoms. The fraction of sp³-hybridized carbons (Fsp3) is 0. The van der Waals surface area contributed by atoms with Crippen LogP contribution in [0.5, 0.6) is 0 Å². The van der Waals surface area contributed by atoms with Crippen molar-refractivity contribution < 1.29 is 17.1 Å². The number of halogens is 1. The van der Waals surface area contributed by atoms with Crippen LogP contribution in [0.25, 0.3) is 0 Å². The van der Waals surface area contributed by atoms with E-state index in [2.05, 4.69) is 25.3 Å². The molecule has 0 spiro atoms. The molecule has 0 fully saturated rings. The van der Waals surface area contributed by atoms with E-state index in [1.54, 1.807) is 0 Å². The van der Waals surface area contributed by atoms with E-state index in [1.165, 1.54) is 0 Å². The molecule has 2 aromatic rings. The Hall–Kier alpha value is -0.581. The van der Waals surface area contributed by atoms with E-state index >= 15 is 0 Å². The van der Waals surface area contributed by atoms with Crippen molar-refractivity contribution in [2.75, 3.05) is 0 Å². The summed E-state index contributed by atoms with van der Waals surface area (Å²) in [4.78, 5) is 0. The van der Waals surface area contributed by atoms with E-state index < -0.39 is 0 Å². The van der Waals surface area contributed by atoms with Gasteiger partial charge < -0.3 is 6.58 Å². The van der Waals surface area contributed by atoms with Gasteiger partial charge in [0.05, 0.1) is 0 Å². The van der Waals surface area contributed by atoms with Gasteiger partial charge in [0.15, 0.2) is 0 Å². The molecule has 0 aliphatic rings. The van der Waals surface area contributed by atoms with Crippen molar-refractivity contribution in [1.82, 2.24) is 0 Å². The number of hydrogen-bond acceptors (Lipinski definition) is 0. The van der Waals surface area contributed by atoms with Gasteiger partial charge in [-0.05, 0) is 0 Å². The quantitative estimate of drug-likeness (QED) is 0.391. The molecule has 0 aromatic heterocycles. The Morgan fingerprint density at radius 2 is 0.882 bits per heavy atom. The summed E-state index contributed by atoms with van der Waals surface area (Å²) in [7, 11) is 0. The van der Waals surface area contributed by atoms with Gasteiger partial charge in [-0.3, -0.25) is 6.58 Å². The minimum Gasteiger partial charge on any atom is -0.521 e. The summed E-state index contributed by atoms with van der Waals surface area (Å²) in [6.45, 7) is 7.00. The molecule has 99 valence electrons. The van der Waals surface area contributed by atoms with Crippen LogP contribution in [0.15, 0.2) is 67.2 Å². The molecule has 1 radical (unpaired) electrons. The largest absolute Gasteiger partial charge is 0.521 e. The van der Waals surface area contributed by atoms with Crippen molar-refractivity contribution in [3.63, 3.8) is 0 Å². The Balaban J connectivity index is -0.0000000752. The Bertz CT molecular complexity index is 204. The molecule has 0 aliphatic carbocycles. The fourth-order valence-corrected chi connectivity index (χ4v) is 0.684. The van der Waals surface area contributed by atoms with E-state index in [0.717, 1.165) is 0 Å². The molecule has 2 aromatic carbocycles. The third-order valence-corrected chi connectivity index (χ3v) is 1.21. The Morgan fingerprint density at radius 1 is 0.647 bits per heavy atom. The maximum absolute atomic E-state index is 4.25. The van der Waals surface area contributed by atoms with Crippen LogP contribution < -0.4 is 0 Å². The third kappa shape index (κ3) is 21.3. The maximum atomic E-state index is 4.25. The van der Waals surface area contributed by atoms with E-state index in [1.807, 2.05) is 60.7 Å². The molecule has 0 saturated heterocycles. The molecule has 0 amide bonds. The van der Waals surface area contributed by atoms with Gasteiger partial charge in [-0.15, -0.1) is 12.4 Å². The molecule has 3 heteroatoms. The van der Waals surface area contributed by atoms with Crippen LogP contribution in [-0.2, 0) is 17.1 Å². The summed E-state index contributed by atoms with van der Waals surface area (Å²) in [5.74, 6) is 0. The van der Waals surface area contributed by atoms with Crippen LogP contribution in [0.2, 0.25) is 0 Å². The van der Waals surface area contributed by atoms with Gasteiger partial charge in [-0.2, -0.15) is 82.7 Å². The summed E-state index contributed by atoms with van der Waals surface area (Å²) in [6.07, 6.45) is 0. The van der Waals surface area contributed by atoms with Crippen molar-refractivity contribution in [2.45, 2.75) is 0 Å². The van der Waals surface area contributed by atoms with Gasteiger partial charge in [0.1, 0.15) is 0 Å². The second-order valence-electron chi connectivity index (χ2n) is 2.15. The normalized spacial score (nSPS) is 5.88. The standard InChI is InChI=1S/2C6H5.C2H3.ClH.Cu.H3P/c2*1-2-4-6-5-3-1;1-2;;;/h2*1-5H;1H,2H2;1H;;1H3/q3*-1;;;. The van der Waals surface area contributed by atoms with Crippen LogP contribution in [-0.4, -0.2) is 0 Å². The van der Waals surface area contributed by atoms with Crippen molar-refractivity contribution in [3.05, 3.63) is 86.0 Å². The molecule has 0 nitrogen and oxygen atoms in total. The smallest absolute Gasteiger partial charge is 0 e. The Kier molecular flexibility index (Phi) is 36.6. The first kappa shape index (κ1) is 25.3. The first-order valence-corrected chi connectivity index (χ1v) is 4.23. The summed E-state index contributed by atoms with van der Waals surface area (Å²) >= 11 is 0. The topological polar surface area (TPSA) is 0 Å². The zero-order valence-electron chi connectivity index (χ0n) is 9.47. The average Bonchev–Trinajstić information content (AvgIpc) is 2.37. The summed E-state index contributed by atoms with van der Waals surface area (Å²) in [6, 6.07) is 25.0. The van der Waals surface area contributed by atoms with Crippen LogP contribution >= 0.6 is 22.3 Å². The summed E-state index contributed by atoms with van der Waals surface area (Å²) < 4.78 is 0. The second kappa shape index (κ2) is 24.6. The van der Waals surface area contributed by atoms with Gasteiger partial charge in [-0.25, -0.2) is 0 Å². The predicted octanol–water partition coefficient (Wildman–Crippen LogP) is 4.06. The predicted molar refractivity (Wildman–Crippen MR) is 78.8 cm³/mol. The summed E-state index contributed by atoms with van der Waals surface area (Å²) in [5.41, 5.74) is 0. The second-order valence-corrected chi connectivity index (χ2v) is 2.15. The molecule has 0 bridgehead atoms. The first-order chi connectivity index (χ1) is 7.00. The van der Waals surface area contributed by atoms with Crippen LogP contribution in [0, 0.1) is 18.7 Å². The molecule has 2 rings (SSSR count). The van der Waals surface area contributed by atoms with Gasteiger partial charge in [-0.1, -0.05) is 0 Å². The van der Waals surface area contributed by atoms with Gasteiger partial charge in [0.25, 0.3) is 0 Å². The monoisotopic (exact) mass is 314 g/mol. The van der Waals surface area contributed by atoms with Crippen molar-refractivity contribution in [2.24, 2.45) is 0 Å². The van der Waals surface area contributed by atoms with Crippen LogP contribution in [0.1, 0.15) is 0 Å². The molecule has 1 unspecified atom stereocenters. The third-order valence-electron chi connectivity index (χ3n) is 1.21. The van der Waals surface area contributed by atoms with Crippen molar-refractivity contribution >= 4 is 22.3 Å². The number of hydrogen-bond donors (Lipinski definition) is 0. The molecule has 0 saturated carbocycles. The SMILES string of the molecule is Cl.P.[CH-]=C.[Cu].[c-]1ccccc1.[c-]1ccccc1. The van der Waals surface area contributed by atoms with Crippen molar-refractivity contribution in [1.29, 1.82) is 0 Å². The van der Waals surface area contributed by atoms with E-state index in [0.29, 0.717) is 0 Å². The molecule has 0 aliphatic heterocycles. The first-order valence-electron chi connectivity index (χ1n) is 4.23. The van der Waals surface area contributed by atoms with Gasteiger partial charge in [0, 0.05) is 17.1 Å². The minimum absolute atomic E-state index is 0. The number of rotatable bonds is 0. The van der Waals surface area contributed by atoms with Gasteiger partial charge in [0.2, 0.25) is 0 Å². The van der Waals surface area contributed by atoms with Crippen LogP contribution in [0.4, 0.5) is 0 Å². The minimum atomic E-state index is 0. The molecule has 0 heterocycles. The zero-order valence-corrected chi connectivity index (χ0v) is 12.6. The maximum Gasteiger partial charge on any atom is 0 e. The van der Waals surface area contributed by atoms with Crippen molar-refractivity contribution in [3.8, 4) is 0 Å².